The summed E-state index contributed by atoms with van der Waals surface area (Å²) in [5.41, 5.74) is 0.285. The maximum Gasteiger partial charge on any atom is 0.283 e. The Bertz CT molecular complexity index is 1300. The quantitative estimate of drug-likeness (QED) is 0.525. The molecule has 0 radical (unpaired) electrons. The van der Waals surface area contributed by atoms with E-state index in [1.165, 1.54) is 11.0 Å². The second kappa shape index (κ2) is 7.99. The van der Waals surface area contributed by atoms with Crippen LogP contribution in [0.2, 0.25) is 5.02 Å². The van der Waals surface area contributed by atoms with Gasteiger partial charge in [0.2, 0.25) is 5.91 Å². The lowest BCUT2D eigenvalue weighted by atomic mass is 10.2. The zero-order chi connectivity index (χ0) is 21.3. The van der Waals surface area contributed by atoms with E-state index in [0.29, 0.717) is 16.3 Å². The topological polar surface area (TPSA) is 94.7 Å². The van der Waals surface area contributed by atoms with E-state index in [4.69, 9.17) is 11.6 Å². The van der Waals surface area contributed by atoms with Crippen LogP contribution in [0.15, 0.2) is 53.6 Å². The van der Waals surface area contributed by atoms with Crippen molar-refractivity contribution >= 4 is 34.4 Å². The number of carbonyl (C=O) groups excluding carboxylic acids is 1. The monoisotopic (exact) mass is 430 g/mol. The fourth-order valence-corrected chi connectivity index (χ4v) is 3.09. The highest BCUT2D eigenvalue weighted by Crippen LogP contribution is 2.15. The van der Waals surface area contributed by atoms with Crippen LogP contribution in [0.1, 0.15) is 5.56 Å². The Hall–Kier alpha value is -3.66. The maximum atomic E-state index is 13.4. The van der Waals surface area contributed by atoms with E-state index in [2.05, 4.69) is 20.6 Å². The van der Waals surface area contributed by atoms with E-state index >= 15 is 0 Å². The molecular weight excluding hydrogens is 418 g/mol. The van der Waals surface area contributed by atoms with Crippen molar-refractivity contribution in [3.8, 4) is 0 Å². The molecule has 0 saturated carbocycles. The standard InChI is InChI=1S/C19H13ClF2N6O2/c20-12-2-1-3-15(6-12)24-16(29)9-27-10-23-18-17(19(27)30)25-26-28(18)8-11-4-13(21)7-14(22)5-11/h1-7,10H,8-9H2,(H,24,29). The van der Waals surface area contributed by atoms with Gasteiger partial charge in [0.1, 0.15) is 24.5 Å². The molecule has 8 nitrogen and oxygen atoms in total. The Kier molecular flexibility index (Phi) is 5.23. The highest BCUT2D eigenvalue weighted by molar-refractivity contribution is 6.30. The predicted molar refractivity (Wildman–Crippen MR) is 105 cm³/mol. The molecule has 0 aliphatic carbocycles. The molecule has 152 valence electrons. The molecule has 4 rings (SSSR count). The van der Waals surface area contributed by atoms with Crippen LogP contribution in [-0.4, -0.2) is 30.5 Å². The molecule has 2 aromatic heterocycles. The molecule has 0 aliphatic heterocycles. The third-order valence-electron chi connectivity index (χ3n) is 4.17. The van der Waals surface area contributed by atoms with Gasteiger partial charge >= 0.3 is 0 Å². The van der Waals surface area contributed by atoms with Crippen LogP contribution < -0.4 is 10.9 Å². The third-order valence-corrected chi connectivity index (χ3v) is 4.40. The van der Waals surface area contributed by atoms with Gasteiger partial charge in [-0.25, -0.2) is 18.4 Å². The Morgan fingerprint density at radius 3 is 2.63 bits per heavy atom. The SMILES string of the molecule is O=C(Cn1cnc2c(nnn2Cc2cc(F)cc(F)c2)c1=O)Nc1cccc(Cl)c1. The zero-order valence-corrected chi connectivity index (χ0v) is 16.0. The van der Waals surface area contributed by atoms with Crippen molar-refractivity contribution in [3.05, 3.63) is 81.4 Å². The molecule has 2 heterocycles. The number of amides is 1. The number of hydrogen-bond acceptors (Lipinski definition) is 5. The lowest BCUT2D eigenvalue weighted by Gasteiger charge is -2.07. The van der Waals surface area contributed by atoms with Crippen molar-refractivity contribution < 1.29 is 13.6 Å². The van der Waals surface area contributed by atoms with Crippen LogP contribution >= 0.6 is 11.6 Å². The number of rotatable bonds is 5. The van der Waals surface area contributed by atoms with Crippen LogP contribution in [0.5, 0.6) is 0 Å². The minimum absolute atomic E-state index is 0.0309. The number of aromatic nitrogens is 5. The van der Waals surface area contributed by atoms with Crippen molar-refractivity contribution in [2.24, 2.45) is 0 Å². The molecule has 0 aliphatic rings. The van der Waals surface area contributed by atoms with Gasteiger partial charge in [0.15, 0.2) is 11.2 Å². The number of nitrogens with zero attached hydrogens (tertiary/aromatic N) is 5. The highest BCUT2D eigenvalue weighted by Gasteiger charge is 2.15. The van der Waals surface area contributed by atoms with Crippen LogP contribution in [0, 0.1) is 11.6 Å². The summed E-state index contributed by atoms with van der Waals surface area (Å²) in [6, 6.07) is 9.64. The number of carbonyl (C=O) groups is 1. The number of fused-ring (bicyclic) bond motifs is 1. The van der Waals surface area contributed by atoms with Crippen LogP contribution in [-0.2, 0) is 17.9 Å². The Labute approximate surface area is 172 Å². The summed E-state index contributed by atoms with van der Waals surface area (Å²) >= 11 is 5.88. The van der Waals surface area contributed by atoms with Gasteiger partial charge in [-0.2, -0.15) is 0 Å². The number of benzene rings is 2. The Morgan fingerprint density at radius 2 is 1.90 bits per heavy atom. The molecule has 0 bridgehead atoms. The lowest BCUT2D eigenvalue weighted by Crippen LogP contribution is -2.28. The fourth-order valence-electron chi connectivity index (χ4n) is 2.90. The summed E-state index contributed by atoms with van der Waals surface area (Å²) in [5, 5.41) is 10.7. The van der Waals surface area contributed by atoms with Crippen molar-refractivity contribution in [1.82, 2.24) is 24.5 Å². The molecule has 2 aromatic carbocycles. The van der Waals surface area contributed by atoms with Gasteiger partial charge in [0, 0.05) is 16.8 Å². The summed E-state index contributed by atoms with van der Waals surface area (Å²) in [5.74, 6) is -1.91. The second-order valence-corrected chi connectivity index (χ2v) is 6.87. The lowest BCUT2D eigenvalue weighted by molar-refractivity contribution is -0.116. The second-order valence-electron chi connectivity index (χ2n) is 6.43. The van der Waals surface area contributed by atoms with E-state index in [-0.39, 0.29) is 24.3 Å². The van der Waals surface area contributed by atoms with E-state index < -0.39 is 23.1 Å². The molecule has 1 amide bonds. The first kappa shape index (κ1) is 19.6. The number of hydrogen-bond donors (Lipinski definition) is 1. The highest BCUT2D eigenvalue weighted by atomic mass is 35.5. The Balaban J connectivity index is 1.56. The first-order chi connectivity index (χ1) is 14.4. The van der Waals surface area contributed by atoms with E-state index in [0.717, 1.165) is 22.8 Å². The Morgan fingerprint density at radius 1 is 1.13 bits per heavy atom. The molecule has 4 aromatic rings. The fraction of sp³-hybridized carbons (Fsp3) is 0.105. The van der Waals surface area contributed by atoms with Crippen molar-refractivity contribution in [2.75, 3.05) is 5.32 Å². The number of anilines is 1. The summed E-state index contributed by atoms with van der Waals surface area (Å²) in [6.07, 6.45) is 1.19. The normalized spacial score (nSPS) is 11.0. The summed E-state index contributed by atoms with van der Waals surface area (Å²) in [4.78, 5) is 29.0. The van der Waals surface area contributed by atoms with Gasteiger partial charge in [0.25, 0.3) is 5.56 Å². The van der Waals surface area contributed by atoms with Gasteiger partial charge in [-0.1, -0.05) is 22.9 Å². The molecular formula is C19H13ClF2N6O2. The zero-order valence-electron chi connectivity index (χ0n) is 15.2. The van der Waals surface area contributed by atoms with Crippen molar-refractivity contribution in [2.45, 2.75) is 13.1 Å². The summed E-state index contributed by atoms with van der Waals surface area (Å²) in [7, 11) is 0. The van der Waals surface area contributed by atoms with Gasteiger partial charge in [-0.15, -0.1) is 5.10 Å². The predicted octanol–water partition coefficient (Wildman–Crippen LogP) is 2.61. The smallest absolute Gasteiger partial charge is 0.283 e. The molecule has 11 heteroatoms. The molecule has 0 unspecified atom stereocenters. The molecule has 0 spiro atoms. The molecule has 1 N–H and O–H groups in total. The molecule has 0 saturated heterocycles. The van der Waals surface area contributed by atoms with Crippen LogP contribution in [0.4, 0.5) is 14.5 Å². The van der Waals surface area contributed by atoms with E-state index in [1.54, 1.807) is 24.3 Å². The first-order valence-electron chi connectivity index (χ1n) is 8.68. The average Bonchev–Trinajstić information content (AvgIpc) is 3.06. The summed E-state index contributed by atoms with van der Waals surface area (Å²) < 4.78 is 29.1. The molecule has 30 heavy (non-hydrogen) atoms. The van der Waals surface area contributed by atoms with Crippen LogP contribution in [0.25, 0.3) is 11.2 Å². The minimum atomic E-state index is -0.726. The number of nitrogens with one attached hydrogen (secondary N) is 1. The average molecular weight is 431 g/mol. The first-order valence-corrected chi connectivity index (χ1v) is 9.06. The molecule has 0 atom stereocenters. The van der Waals surface area contributed by atoms with E-state index in [9.17, 15) is 18.4 Å². The largest absolute Gasteiger partial charge is 0.324 e. The van der Waals surface area contributed by atoms with Gasteiger partial charge < -0.3 is 5.32 Å². The minimum Gasteiger partial charge on any atom is -0.324 e. The van der Waals surface area contributed by atoms with E-state index in [1.807, 2.05) is 0 Å². The van der Waals surface area contributed by atoms with Gasteiger partial charge in [0.05, 0.1) is 6.54 Å². The number of halogens is 3. The maximum absolute atomic E-state index is 13.4. The van der Waals surface area contributed by atoms with Crippen molar-refractivity contribution in [3.63, 3.8) is 0 Å². The van der Waals surface area contributed by atoms with Crippen LogP contribution in [0.3, 0.4) is 0 Å². The summed E-state index contributed by atoms with van der Waals surface area (Å²) in [6.45, 7) is -0.326. The van der Waals surface area contributed by atoms with Gasteiger partial charge in [-0.3, -0.25) is 14.2 Å². The molecule has 0 fully saturated rings. The van der Waals surface area contributed by atoms with Gasteiger partial charge in [-0.05, 0) is 35.9 Å². The third kappa shape index (κ3) is 4.18. The van der Waals surface area contributed by atoms with Crippen molar-refractivity contribution in [1.29, 1.82) is 0 Å².